The first kappa shape index (κ1) is 15.9. The lowest BCUT2D eigenvalue weighted by Gasteiger charge is -2.37. The molecule has 1 saturated heterocycles. The number of alkyl halides is 3. The summed E-state index contributed by atoms with van der Waals surface area (Å²) < 4.78 is 42.1. The van der Waals surface area contributed by atoms with E-state index >= 15 is 0 Å². The van der Waals surface area contributed by atoms with Crippen LogP contribution in [0.5, 0.6) is 0 Å². The topological polar surface area (TPSA) is 108 Å². The molecule has 0 aromatic carbocycles. The lowest BCUT2D eigenvalue weighted by Crippen LogP contribution is -2.56. The van der Waals surface area contributed by atoms with E-state index in [1.807, 2.05) is 0 Å². The van der Waals surface area contributed by atoms with E-state index in [9.17, 15) is 23.4 Å². The van der Waals surface area contributed by atoms with Crippen molar-refractivity contribution in [2.24, 2.45) is 0 Å². The Balaban J connectivity index is 2.02. The molecule has 2 rings (SSSR count). The predicted molar refractivity (Wildman–Crippen MR) is 63.3 cm³/mol. The highest BCUT2D eigenvalue weighted by molar-refractivity contribution is 5.35. The molecule has 1 aromatic heterocycles. The van der Waals surface area contributed by atoms with Crippen molar-refractivity contribution in [3.63, 3.8) is 0 Å². The highest BCUT2D eigenvalue weighted by Crippen LogP contribution is 2.27. The molecule has 1 unspecified atom stereocenters. The fourth-order valence-corrected chi connectivity index (χ4v) is 1.92. The van der Waals surface area contributed by atoms with E-state index < -0.39 is 42.8 Å². The van der Waals surface area contributed by atoms with Crippen LogP contribution in [-0.2, 0) is 10.9 Å². The van der Waals surface area contributed by atoms with Crippen LogP contribution in [0.2, 0.25) is 0 Å². The van der Waals surface area contributed by atoms with Gasteiger partial charge in [0.1, 0.15) is 24.1 Å². The summed E-state index contributed by atoms with van der Waals surface area (Å²) >= 11 is 0. The van der Waals surface area contributed by atoms with E-state index in [1.165, 1.54) is 0 Å². The standard InChI is InChI=1S/C11H14F3N3O4/c12-11(13,14)7-1-2-8(17-16-7)15-5-4-21-6(3-18)10(20)9(5)19/h1-2,5-6,9-10,18-20H,3-4H2,(H,15,17)/t5?,6-,9-,10+/m1/s1. The largest absolute Gasteiger partial charge is 0.435 e. The van der Waals surface area contributed by atoms with Crippen molar-refractivity contribution in [1.29, 1.82) is 0 Å². The third-order valence-corrected chi connectivity index (χ3v) is 3.10. The van der Waals surface area contributed by atoms with Gasteiger partial charge < -0.3 is 25.4 Å². The van der Waals surface area contributed by atoms with E-state index in [1.54, 1.807) is 0 Å². The van der Waals surface area contributed by atoms with Crippen LogP contribution in [0.1, 0.15) is 5.69 Å². The highest BCUT2D eigenvalue weighted by atomic mass is 19.4. The van der Waals surface area contributed by atoms with Gasteiger partial charge in [-0.25, -0.2) is 0 Å². The van der Waals surface area contributed by atoms with Crippen LogP contribution in [-0.4, -0.2) is 63.1 Å². The normalized spacial score (nSPS) is 30.2. The zero-order chi connectivity index (χ0) is 15.6. The number of halogens is 3. The number of aromatic nitrogens is 2. The summed E-state index contributed by atoms with van der Waals surface area (Å²) in [5.41, 5.74) is -1.13. The maximum absolute atomic E-state index is 12.3. The molecule has 0 spiro atoms. The Labute approximate surface area is 117 Å². The Hall–Kier alpha value is -1.49. The van der Waals surface area contributed by atoms with E-state index in [-0.39, 0.29) is 12.4 Å². The van der Waals surface area contributed by atoms with Crippen molar-refractivity contribution in [3.05, 3.63) is 17.8 Å². The van der Waals surface area contributed by atoms with E-state index in [0.717, 1.165) is 12.1 Å². The van der Waals surface area contributed by atoms with Crippen LogP contribution in [0.3, 0.4) is 0 Å². The Kier molecular flexibility index (Phi) is 4.61. The first-order valence-corrected chi connectivity index (χ1v) is 6.09. The van der Waals surface area contributed by atoms with Crippen LogP contribution < -0.4 is 5.32 Å². The van der Waals surface area contributed by atoms with Gasteiger partial charge >= 0.3 is 6.18 Å². The quantitative estimate of drug-likeness (QED) is 0.590. The van der Waals surface area contributed by atoms with Gasteiger partial charge in [-0.3, -0.25) is 0 Å². The molecule has 7 nitrogen and oxygen atoms in total. The molecule has 2 heterocycles. The second-order valence-corrected chi connectivity index (χ2v) is 4.59. The number of rotatable bonds is 3. The summed E-state index contributed by atoms with van der Waals surface area (Å²) in [6.45, 7) is -0.503. The Morgan fingerprint density at radius 3 is 2.48 bits per heavy atom. The smallest absolute Gasteiger partial charge is 0.394 e. The van der Waals surface area contributed by atoms with E-state index in [2.05, 4.69) is 15.5 Å². The van der Waals surface area contributed by atoms with Gasteiger partial charge in [0.2, 0.25) is 0 Å². The zero-order valence-corrected chi connectivity index (χ0v) is 10.7. The van der Waals surface area contributed by atoms with Crippen LogP contribution >= 0.6 is 0 Å². The summed E-state index contributed by atoms with van der Waals surface area (Å²) in [6.07, 6.45) is -8.07. The minimum absolute atomic E-state index is 0.00491. The lowest BCUT2D eigenvalue weighted by atomic mass is 9.98. The van der Waals surface area contributed by atoms with Crippen LogP contribution in [0.4, 0.5) is 19.0 Å². The third-order valence-electron chi connectivity index (χ3n) is 3.10. The molecular weight excluding hydrogens is 295 g/mol. The van der Waals surface area contributed by atoms with Gasteiger partial charge in [0.15, 0.2) is 5.69 Å². The van der Waals surface area contributed by atoms with Gasteiger partial charge in [-0.05, 0) is 12.1 Å². The zero-order valence-electron chi connectivity index (χ0n) is 10.7. The van der Waals surface area contributed by atoms with Crippen molar-refractivity contribution in [1.82, 2.24) is 10.2 Å². The summed E-state index contributed by atoms with van der Waals surface area (Å²) in [5.74, 6) is 0.00491. The molecule has 0 saturated carbocycles. The Morgan fingerprint density at radius 2 is 1.95 bits per heavy atom. The molecule has 1 aliphatic heterocycles. The number of hydrogen-bond donors (Lipinski definition) is 4. The van der Waals surface area contributed by atoms with Crippen LogP contribution in [0.25, 0.3) is 0 Å². The number of aliphatic hydroxyl groups is 3. The summed E-state index contributed by atoms with van der Waals surface area (Å²) in [7, 11) is 0. The molecule has 4 N–H and O–H groups in total. The molecule has 0 bridgehead atoms. The third kappa shape index (κ3) is 3.59. The minimum Gasteiger partial charge on any atom is -0.394 e. The first-order valence-electron chi connectivity index (χ1n) is 6.09. The average Bonchev–Trinajstić information content (AvgIpc) is 2.44. The van der Waals surface area contributed by atoms with Gasteiger partial charge in [0.05, 0.1) is 19.3 Å². The molecule has 21 heavy (non-hydrogen) atoms. The van der Waals surface area contributed by atoms with E-state index in [0.29, 0.717) is 0 Å². The molecule has 10 heteroatoms. The average molecular weight is 309 g/mol. The second-order valence-electron chi connectivity index (χ2n) is 4.59. The van der Waals surface area contributed by atoms with Crippen molar-refractivity contribution < 1.29 is 33.2 Å². The summed E-state index contributed by atoms with van der Waals surface area (Å²) in [4.78, 5) is 0. The van der Waals surface area contributed by atoms with E-state index in [4.69, 9.17) is 9.84 Å². The second kappa shape index (κ2) is 6.10. The predicted octanol–water partition coefficient (Wildman–Crippen LogP) is -0.611. The number of aliphatic hydroxyl groups excluding tert-OH is 3. The fourth-order valence-electron chi connectivity index (χ4n) is 1.92. The van der Waals surface area contributed by atoms with Crippen molar-refractivity contribution >= 4 is 5.82 Å². The first-order chi connectivity index (χ1) is 9.82. The number of ether oxygens (including phenoxy) is 1. The minimum atomic E-state index is -4.58. The summed E-state index contributed by atoms with van der Waals surface area (Å²) in [5, 5.41) is 37.5. The number of hydrogen-bond acceptors (Lipinski definition) is 7. The van der Waals surface area contributed by atoms with Gasteiger partial charge in [-0.15, -0.1) is 10.2 Å². The maximum atomic E-state index is 12.3. The van der Waals surface area contributed by atoms with Gasteiger partial charge in [0.25, 0.3) is 0 Å². The number of nitrogens with one attached hydrogen (secondary N) is 1. The lowest BCUT2D eigenvalue weighted by molar-refractivity contribution is -0.152. The molecule has 0 radical (unpaired) electrons. The SMILES string of the molecule is OC[C@H]1OCC(Nc2ccc(C(F)(F)F)nn2)[C@@H](O)[C@H]1O. The van der Waals surface area contributed by atoms with Crippen molar-refractivity contribution in [2.75, 3.05) is 18.5 Å². The molecule has 1 fully saturated rings. The van der Waals surface area contributed by atoms with Gasteiger partial charge in [0, 0.05) is 0 Å². The molecule has 118 valence electrons. The molecule has 0 amide bonds. The van der Waals surface area contributed by atoms with Crippen molar-refractivity contribution in [3.8, 4) is 0 Å². The number of nitrogens with zero attached hydrogens (tertiary/aromatic N) is 2. The van der Waals surface area contributed by atoms with Crippen LogP contribution in [0.15, 0.2) is 12.1 Å². The Morgan fingerprint density at radius 1 is 1.24 bits per heavy atom. The Bertz CT molecular complexity index is 471. The fraction of sp³-hybridized carbons (Fsp3) is 0.636. The monoisotopic (exact) mass is 309 g/mol. The highest BCUT2D eigenvalue weighted by Gasteiger charge is 2.38. The maximum Gasteiger partial charge on any atom is 0.435 e. The molecular formula is C11H14F3N3O4. The summed E-state index contributed by atoms with van der Waals surface area (Å²) in [6, 6.07) is 1.03. The molecule has 0 aliphatic carbocycles. The van der Waals surface area contributed by atoms with Gasteiger partial charge in [-0.2, -0.15) is 13.2 Å². The number of anilines is 1. The van der Waals surface area contributed by atoms with Crippen molar-refractivity contribution in [2.45, 2.75) is 30.5 Å². The molecule has 1 aromatic rings. The van der Waals surface area contributed by atoms with Crippen LogP contribution in [0, 0.1) is 0 Å². The molecule has 1 aliphatic rings. The molecule has 4 atom stereocenters. The van der Waals surface area contributed by atoms with Gasteiger partial charge in [-0.1, -0.05) is 0 Å².